The summed E-state index contributed by atoms with van der Waals surface area (Å²) in [5.74, 6) is 1.81. The molecule has 0 saturated heterocycles. The Morgan fingerprint density at radius 1 is 1.61 bits per heavy atom. The zero-order valence-corrected chi connectivity index (χ0v) is 13.2. The number of rotatable bonds is 5. The topological polar surface area (TPSA) is 108 Å². The average Bonchev–Trinajstić information content (AvgIpc) is 2.93. The molecule has 0 spiro atoms. The Labute approximate surface area is 136 Å². The summed E-state index contributed by atoms with van der Waals surface area (Å²) in [5, 5.41) is 18.5. The summed E-state index contributed by atoms with van der Waals surface area (Å²) in [6, 6.07) is 1.18. The number of aromatic nitrogens is 4. The minimum absolute atomic E-state index is 0.103. The SMILES string of the molecule is COCc1nc2n(n1)CCCC2Nc1ncc([N+](=O)[O-])cc1Cl. The van der Waals surface area contributed by atoms with E-state index in [-0.39, 0.29) is 16.8 Å². The number of hydrogen-bond donors (Lipinski definition) is 1. The van der Waals surface area contributed by atoms with Gasteiger partial charge in [0.15, 0.2) is 5.82 Å². The highest BCUT2D eigenvalue weighted by Crippen LogP contribution is 2.31. The number of fused-ring (bicyclic) bond motifs is 1. The lowest BCUT2D eigenvalue weighted by Gasteiger charge is -2.23. The van der Waals surface area contributed by atoms with Crippen molar-refractivity contribution in [3.63, 3.8) is 0 Å². The summed E-state index contributed by atoms with van der Waals surface area (Å²) in [6.07, 6.45) is 2.96. The van der Waals surface area contributed by atoms with E-state index in [0.29, 0.717) is 18.2 Å². The first-order valence-electron chi connectivity index (χ1n) is 7.07. The quantitative estimate of drug-likeness (QED) is 0.658. The molecule has 1 N–H and O–H groups in total. The number of anilines is 1. The smallest absolute Gasteiger partial charge is 0.289 e. The third-order valence-corrected chi connectivity index (χ3v) is 3.83. The van der Waals surface area contributed by atoms with Crippen molar-refractivity contribution in [2.45, 2.75) is 32.0 Å². The van der Waals surface area contributed by atoms with Crippen molar-refractivity contribution in [3.8, 4) is 0 Å². The van der Waals surface area contributed by atoms with E-state index in [1.165, 1.54) is 12.3 Å². The molecule has 10 heteroatoms. The number of nitrogens with zero attached hydrogens (tertiary/aromatic N) is 5. The first-order chi connectivity index (χ1) is 11.1. The molecule has 1 aliphatic heterocycles. The van der Waals surface area contributed by atoms with Gasteiger partial charge in [-0.2, -0.15) is 5.10 Å². The maximum atomic E-state index is 10.7. The van der Waals surface area contributed by atoms with Gasteiger partial charge in [-0.3, -0.25) is 10.1 Å². The largest absolute Gasteiger partial charge is 0.377 e. The van der Waals surface area contributed by atoms with Crippen LogP contribution >= 0.6 is 11.6 Å². The Balaban J connectivity index is 1.83. The summed E-state index contributed by atoms with van der Waals surface area (Å²) >= 11 is 6.08. The van der Waals surface area contributed by atoms with Gasteiger partial charge in [0.05, 0.1) is 16.0 Å². The van der Waals surface area contributed by atoms with Gasteiger partial charge in [0.2, 0.25) is 0 Å². The van der Waals surface area contributed by atoms with Crippen molar-refractivity contribution < 1.29 is 9.66 Å². The minimum atomic E-state index is -0.531. The second-order valence-electron chi connectivity index (χ2n) is 5.16. The summed E-state index contributed by atoms with van der Waals surface area (Å²) < 4.78 is 6.90. The maximum Gasteiger partial charge on any atom is 0.289 e. The molecule has 1 aliphatic rings. The molecule has 2 aromatic heterocycles. The number of hydrogen-bond acceptors (Lipinski definition) is 7. The highest BCUT2D eigenvalue weighted by atomic mass is 35.5. The molecule has 0 aromatic carbocycles. The van der Waals surface area contributed by atoms with E-state index in [9.17, 15) is 10.1 Å². The molecule has 3 rings (SSSR count). The minimum Gasteiger partial charge on any atom is -0.377 e. The van der Waals surface area contributed by atoms with Crippen LogP contribution in [0.25, 0.3) is 0 Å². The zero-order valence-electron chi connectivity index (χ0n) is 12.4. The van der Waals surface area contributed by atoms with E-state index < -0.39 is 4.92 Å². The van der Waals surface area contributed by atoms with Gasteiger partial charge in [-0.1, -0.05) is 11.6 Å². The first-order valence-corrected chi connectivity index (χ1v) is 7.45. The van der Waals surface area contributed by atoms with Crippen LogP contribution in [0.15, 0.2) is 12.3 Å². The molecule has 0 saturated carbocycles. The van der Waals surface area contributed by atoms with E-state index in [1.807, 2.05) is 4.68 Å². The Morgan fingerprint density at radius 3 is 3.13 bits per heavy atom. The summed E-state index contributed by atoms with van der Waals surface area (Å²) in [7, 11) is 1.59. The van der Waals surface area contributed by atoms with E-state index in [0.717, 1.165) is 25.2 Å². The van der Waals surface area contributed by atoms with E-state index in [1.54, 1.807) is 7.11 Å². The van der Waals surface area contributed by atoms with Gasteiger partial charge in [0, 0.05) is 19.7 Å². The van der Waals surface area contributed by atoms with Crippen LogP contribution in [0.5, 0.6) is 0 Å². The molecule has 0 fully saturated rings. The lowest BCUT2D eigenvalue weighted by molar-refractivity contribution is -0.385. The van der Waals surface area contributed by atoms with Crippen molar-refractivity contribution in [1.29, 1.82) is 0 Å². The van der Waals surface area contributed by atoms with Crippen LogP contribution < -0.4 is 5.32 Å². The van der Waals surface area contributed by atoms with Crippen LogP contribution in [-0.2, 0) is 17.9 Å². The number of nitro groups is 1. The van der Waals surface area contributed by atoms with Gasteiger partial charge in [-0.25, -0.2) is 14.6 Å². The highest BCUT2D eigenvalue weighted by Gasteiger charge is 2.25. The molecule has 23 heavy (non-hydrogen) atoms. The van der Waals surface area contributed by atoms with Gasteiger partial charge in [0.1, 0.15) is 24.4 Å². The van der Waals surface area contributed by atoms with Gasteiger partial charge in [-0.15, -0.1) is 0 Å². The Kier molecular flexibility index (Phi) is 4.39. The number of pyridine rings is 1. The fourth-order valence-electron chi connectivity index (χ4n) is 2.53. The molecule has 9 nitrogen and oxygen atoms in total. The number of aryl methyl sites for hydroxylation is 1. The first kappa shape index (κ1) is 15.6. The summed E-state index contributed by atoms with van der Waals surface area (Å²) in [4.78, 5) is 18.7. The molecule has 1 atom stereocenters. The van der Waals surface area contributed by atoms with Crippen LogP contribution in [0.3, 0.4) is 0 Å². The van der Waals surface area contributed by atoms with Crippen LogP contribution in [0.1, 0.15) is 30.5 Å². The standard InChI is InChI=1S/C13H15ClN6O3/c1-23-7-11-17-13-10(3-2-4-19(13)18-11)16-12-9(14)5-8(6-15-12)20(21)22/h5-6,10H,2-4,7H2,1H3,(H,15,16). The predicted octanol–water partition coefficient (Wildman–Crippen LogP) is 2.33. The van der Waals surface area contributed by atoms with Crippen molar-refractivity contribution in [3.05, 3.63) is 39.0 Å². The average molecular weight is 339 g/mol. The predicted molar refractivity (Wildman–Crippen MR) is 82.2 cm³/mol. The molecule has 3 heterocycles. The maximum absolute atomic E-state index is 10.7. The molecule has 2 aromatic rings. The van der Waals surface area contributed by atoms with Gasteiger partial charge in [-0.05, 0) is 12.8 Å². The van der Waals surface area contributed by atoms with E-state index in [4.69, 9.17) is 16.3 Å². The second kappa shape index (κ2) is 6.47. The summed E-state index contributed by atoms with van der Waals surface area (Å²) in [5.41, 5.74) is -0.144. The van der Waals surface area contributed by atoms with E-state index in [2.05, 4.69) is 20.4 Å². The number of ether oxygens (including phenoxy) is 1. The number of nitrogens with one attached hydrogen (secondary N) is 1. The summed E-state index contributed by atoms with van der Waals surface area (Å²) in [6.45, 7) is 1.15. The normalized spacial score (nSPS) is 16.9. The van der Waals surface area contributed by atoms with Crippen LogP contribution in [0.2, 0.25) is 5.02 Å². The molecule has 0 amide bonds. The van der Waals surface area contributed by atoms with Crippen molar-refractivity contribution in [2.75, 3.05) is 12.4 Å². The van der Waals surface area contributed by atoms with Gasteiger partial charge in [0.25, 0.3) is 5.69 Å². The lowest BCUT2D eigenvalue weighted by atomic mass is 10.1. The monoisotopic (exact) mass is 338 g/mol. The Morgan fingerprint density at radius 2 is 2.43 bits per heavy atom. The molecule has 0 radical (unpaired) electrons. The fourth-order valence-corrected chi connectivity index (χ4v) is 2.74. The molecule has 0 aliphatic carbocycles. The van der Waals surface area contributed by atoms with Crippen LogP contribution in [0.4, 0.5) is 11.5 Å². The van der Waals surface area contributed by atoms with Gasteiger partial charge < -0.3 is 10.1 Å². The van der Waals surface area contributed by atoms with Crippen LogP contribution in [0, 0.1) is 10.1 Å². The third-order valence-electron chi connectivity index (χ3n) is 3.54. The number of methoxy groups -OCH3 is 1. The fraction of sp³-hybridized carbons (Fsp3) is 0.462. The van der Waals surface area contributed by atoms with Gasteiger partial charge >= 0.3 is 0 Å². The molecular formula is C13H15ClN6O3. The third kappa shape index (κ3) is 3.25. The Bertz CT molecular complexity index is 734. The molecule has 1 unspecified atom stereocenters. The van der Waals surface area contributed by atoms with Crippen molar-refractivity contribution >= 4 is 23.1 Å². The molecule has 122 valence electrons. The van der Waals surface area contributed by atoms with Crippen LogP contribution in [-0.4, -0.2) is 31.8 Å². The number of halogens is 1. The molecule has 0 bridgehead atoms. The van der Waals surface area contributed by atoms with Crippen molar-refractivity contribution in [1.82, 2.24) is 19.7 Å². The zero-order chi connectivity index (χ0) is 16.4. The second-order valence-corrected chi connectivity index (χ2v) is 5.57. The lowest BCUT2D eigenvalue weighted by Crippen LogP contribution is -2.23. The van der Waals surface area contributed by atoms with E-state index >= 15 is 0 Å². The Hall–Kier alpha value is -2.26. The molecular weight excluding hydrogens is 324 g/mol. The highest BCUT2D eigenvalue weighted by molar-refractivity contribution is 6.33. The van der Waals surface area contributed by atoms with Crippen molar-refractivity contribution in [2.24, 2.45) is 0 Å².